The van der Waals surface area contributed by atoms with E-state index < -0.39 is 102 Å². The van der Waals surface area contributed by atoms with Crippen molar-refractivity contribution in [1.29, 1.82) is 0 Å². The van der Waals surface area contributed by atoms with E-state index in [0.717, 1.165) is 32.8 Å². The number of nitrogens with one attached hydrogen (secondary N) is 9. The Hall–Kier alpha value is -8.88. The van der Waals surface area contributed by atoms with Crippen molar-refractivity contribution in [3.8, 4) is 0 Å². The molecule has 0 aliphatic carbocycles. The number of aromatic nitrogens is 3. The highest BCUT2D eigenvalue weighted by Crippen LogP contribution is 2.27. The third-order valence-electron chi connectivity index (χ3n) is 14.5. The molecule has 1 saturated heterocycles. The first kappa shape index (κ1) is 56.3. The summed E-state index contributed by atoms with van der Waals surface area (Å²) in [5, 5.41) is 22.0. The number of hydrogen-bond donors (Lipinski definition) is 10. The molecule has 0 spiro atoms. The van der Waals surface area contributed by atoms with Crippen LogP contribution in [-0.4, -0.2) is 122 Å². The van der Waals surface area contributed by atoms with E-state index in [1.54, 1.807) is 6.20 Å². The third kappa shape index (κ3) is 14.8. The number of carbonyl (C=O) groups excluding carboxylic acids is 9. The van der Waals surface area contributed by atoms with Gasteiger partial charge in [-0.3, -0.25) is 43.2 Å². The predicted molar refractivity (Wildman–Crippen MR) is 294 cm³/mol. The zero-order valence-electron chi connectivity index (χ0n) is 44.3. The minimum absolute atomic E-state index is 0.0193. The van der Waals surface area contributed by atoms with Crippen LogP contribution in [0.5, 0.6) is 0 Å². The first-order chi connectivity index (χ1) is 38.1. The molecule has 0 bridgehead atoms. The number of unbranched alkanes of at least 4 members (excludes halogenated alkanes) is 1. The molecule has 414 valence electrons. The quantitative estimate of drug-likeness (QED) is 0.0805. The number of para-hydroxylation sites is 1. The molecule has 8 rings (SSSR count). The zero-order chi connectivity index (χ0) is 56.0. The molecule has 2 aliphatic heterocycles. The van der Waals surface area contributed by atoms with Gasteiger partial charge in [-0.25, -0.2) is 4.98 Å². The van der Waals surface area contributed by atoms with Gasteiger partial charge in [0, 0.05) is 74.7 Å². The minimum Gasteiger partial charge on any atom is -0.368 e. The monoisotopic (exact) mass is 1080 g/mol. The Morgan fingerprint density at radius 2 is 1.46 bits per heavy atom. The molecule has 4 aromatic carbocycles. The van der Waals surface area contributed by atoms with Crippen molar-refractivity contribution in [1.82, 2.24) is 57.1 Å². The predicted octanol–water partition coefficient (Wildman–Crippen LogP) is 2.32. The number of primary amides is 1. The van der Waals surface area contributed by atoms with Gasteiger partial charge < -0.3 is 57.8 Å². The normalized spacial score (nSPS) is 21.5. The second kappa shape index (κ2) is 26.4. The van der Waals surface area contributed by atoms with Crippen LogP contribution in [0.4, 0.5) is 0 Å². The number of fused-ring (bicyclic) bond motifs is 4. The number of nitrogens with zero attached hydrogens (tertiary/aromatic N) is 2. The molecule has 0 unspecified atom stereocenters. The van der Waals surface area contributed by atoms with Gasteiger partial charge in [0.25, 0.3) is 0 Å². The lowest BCUT2D eigenvalue weighted by Gasteiger charge is -2.39. The van der Waals surface area contributed by atoms with Gasteiger partial charge in [-0.05, 0) is 64.8 Å². The summed E-state index contributed by atoms with van der Waals surface area (Å²) in [6.07, 6.45) is 5.92. The molecule has 1 fully saturated rings. The van der Waals surface area contributed by atoms with Crippen molar-refractivity contribution in [2.45, 2.75) is 133 Å². The van der Waals surface area contributed by atoms with Gasteiger partial charge >= 0.3 is 0 Å². The van der Waals surface area contributed by atoms with Crippen LogP contribution >= 0.6 is 0 Å². The maximum atomic E-state index is 15.7. The van der Waals surface area contributed by atoms with Crippen LogP contribution in [0.25, 0.3) is 21.7 Å². The number of nitrogens with two attached hydrogens (primary N) is 1. The van der Waals surface area contributed by atoms with E-state index in [0.29, 0.717) is 36.1 Å². The maximum Gasteiger partial charge on any atom is 0.246 e. The van der Waals surface area contributed by atoms with Crippen molar-refractivity contribution in [2.75, 3.05) is 6.54 Å². The van der Waals surface area contributed by atoms with Gasteiger partial charge in [-0.2, -0.15) is 0 Å². The van der Waals surface area contributed by atoms with Gasteiger partial charge in [0.1, 0.15) is 42.3 Å². The van der Waals surface area contributed by atoms with E-state index >= 15 is 14.4 Å². The summed E-state index contributed by atoms with van der Waals surface area (Å²) in [6, 6.07) is 19.0. The van der Waals surface area contributed by atoms with Crippen LogP contribution in [0.15, 0.2) is 110 Å². The summed E-state index contributed by atoms with van der Waals surface area (Å²) in [6.45, 7) is 3.17. The number of imidazole rings is 1. The van der Waals surface area contributed by atoms with E-state index in [4.69, 9.17) is 5.73 Å². The van der Waals surface area contributed by atoms with E-state index in [9.17, 15) is 28.8 Å². The largest absolute Gasteiger partial charge is 0.368 e. The van der Waals surface area contributed by atoms with Crippen LogP contribution < -0.4 is 43.0 Å². The molecule has 21 heteroatoms. The number of amides is 9. The van der Waals surface area contributed by atoms with E-state index in [-0.39, 0.29) is 58.0 Å². The average molecular weight is 1080 g/mol. The molecule has 2 aromatic heterocycles. The smallest absolute Gasteiger partial charge is 0.246 e. The molecule has 6 aromatic rings. The van der Waals surface area contributed by atoms with Crippen LogP contribution in [0.2, 0.25) is 0 Å². The van der Waals surface area contributed by atoms with Crippen LogP contribution in [0.3, 0.4) is 0 Å². The van der Waals surface area contributed by atoms with Crippen LogP contribution in [-0.2, 0) is 75.4 Å². The molecule has 0 saturated carbocycles. The molecular weight excluding hydrogens is 1010 g/mol. The Labute approximate surface area is 456 Å². The van der Waals surface area contributed by atoms with Crippen LogP contribution in [0, 0.1) is 0 Å². The molecule has 2 aliphatic rings. The fourth-order valence-electron chi connectivity index (χ4n) is 10.3. The highest BCUT2D eigenvalue weighted by Gasteiger charge is 2.41. The van der Waals surface area contributed by atoms with Crippen LogP contribution in [0.1, 0.15) is 86.7 Å². The second-order valence-corrected chi connectivity index (χ2v) is 20.3. The fourth-order valence-corrected chi connectivity index (χ4v) is 10.3. The molecule has 4 heterocycles. The molecule has 7 atom stereocenters. The van der Waals surface area contributed by atoms with E-state index in [1.165, 1.54) is 24.3 Å². The van der Waals surface area contributed by atoms with Gasteiger partial charge in [0.2, 0.25) is 53.2 Å². The summed E-state index contributed by atoms with van der Waals surface area (Å²) in [7, 11) is 0. The first-order valence-electron chi connectivity index (χ1n) is 26.9. The highest BCUT2D eigenvalue weighted by atomic mass is 16.2. The second-order valence-electron chi connectivity index (χ2n) is 20.3. The number of carbonyl (C=O) groups is 9. The Morgan fingerprint density at radius 1 is 0.747 bits per heavy atom. The number of hydrogen-bond acceptors (Lipinski definition) is 10. The first-order valence-corrected chi connectivity index (χ1v) is 26.9. The molecule has 11 N–H and O–H groups in total. The topological polar surface area (TPSA) is 312 Å². The number of benzene rings is 4. The number of rotatable bonds is 13. The molecule has 21 nitrogen and oxygen atoms in total. The standard InChI is InChI=1S/C58H68N12O9/c1-3-4-18-45(64-34(2)71)53(74)67-48-29-51(72)61-23-12-11-20-44(52(59)73)65-54(75)46(26-40-30-62-43-19-10-9-17-42(40)43)68-57(78)50-27-38-15-7-8-16-39(38)32-70(50)58(79)49(25-35-21-22-36-13-5-6-14-37(36)24-35)69-55(76)47(66-56(48)77)28-41-31-60-33-63-41/h5-10,13-17,19,21-22,24,30-31,33,44-50,62H,3-4,11-12,18,20,23,25-29,32H2,1-2H3,(H2,59,73)(H,60,63)(H,61,72)(H,64,71)(H,65,75)(H,66,77)(H,67,74)(H,68,78)(H,69,76)/t44-,45-,46-,47-,48-,49+,50-/m0/s1. The average Bonchev–Trinajstić information content (AvgIpc) is 4.22. The third-order valence-corrected chi connectivity index (χ3v) is 14.5. The SMILES string of the molecule is CCCC[C@H](NC(C)=O)C(=O)N[C@H]1CC(=O)NCCCC[C@@H](C(N)=O)NC(=O)[C@H](Cc2c[nH]c3ccccc23)NC(=O)[C@@H]2Cc3ccccc3CN2C(=O)[C@@H](Cc2ccc3ccccc3c2)NC(=O)[C@H](Cc2cnc[nH]2)NC1=O. The van der Waals surface area contributed by atoms with Gasteiger partial charge in [-0.1, -0.05) is 105 Å². The van der Waals surface area contributed by atoms with Crippen molar-refractivity contribution in [3.63, 3.8) is 0 Å². The highest BCUT2D eigenvalue weighted by molar-refractivity contribution is 5.99. The summed E-state index contributed by atoms with van der Waals surface area (Å²) in [5.74, 6) is -6.43. The lowest BCUT2D eigenvalue weighted by atomic mass is 9.91. The van der Waals surface area contributed by atoms with Gasteiger partial charge in [-0.15, -0.1) is 0 Å². The molecular formula is C58H68N12O9. The Balaban J connectivity index is 1.19. The lowest BCUT2D eigenvalue weighted by molar-refractivity contribution is -0.145. The van der Waals surface area contributed by atoms with Crippen molar-refractivity contribution in [3.05, 3.63) is 138 Å². The van der Waals surface area contributed by atoms with Gasteiger partial charge in [0.05, 0.1) is 12.7 Å². The Morgan fingerprint density at radius 3 is 2.22 bits per heavy atom. The summed E-state index contributed by atoms with van der Waals surface area (Å²) in [5.41, 5.74) is 10.00. The number of aromatic amines is 2. The molecule has 9 amide bonds. The number of H-pyrrole nitrogens is 2. The Bertz CT molecular complexity index is 3190. The molecule has 79 heavy (non-hydrogen) atoms. The van der Waals surface area contributed by atoms with E-state index in [2.05, 4.69) is 52.2 Å². The van der Waals surface area contributed by atoms with E-state index in [1.807, 2.05) is 97.9 Å². The summed E-state index contributed by atoms with van der Waals surface area (Å²) in [4.78, 5) is 140. The van der Waals surface area contributed by atoms with Gasteiger partial charge in [0.15, 0.2) is 0 Å². The van der Waals surface area contributed by atoms with Crippen molar-refractivity contribution >= 4 is 74.8 Å². The fraction of sp³-hybridized carbons (Fsp3) is 0.379. The molecule has 0 radical (unpaired) electrons. The lowest BCUT2D eigenvalue weighted by Crippen LogP contribution is -2.62. The maximum absolute atomic E-state index is 15.7. The van der Waals surface area contributed by atoms with Crippen molar-refractivity contribution < 1.29 is 43.2 Å². The van der Waals surface area contributed by atoms with Crippen molar-refractivity contribution in [2.24, 2.45) is 5.73 Å². The minimum atomic E-state index is -1.57. The summed E-state index contributed by atoms with van der Waals surface area (Å²) < 4.78 is 0. The Kier molecular flexibility index (Phi) is 18.9. The zero-order valence-corrected chi connectivity index (χ0v) is 44.3. The summed E-state index contributed by atoms with van der Waals surface area (Å²) >= 11 is 0.